The molecule has 0 saturated heterocycles. The van der Waals surface area contributed by atoms with Crippen LogP contribution in [0.4, 0.5) is 5.82 Å². The Labute approximate surface area is 97.9 Å². The standard InChI is InChI=1S/C12H22N4/c1-9(2)10-6-7-11(16-15-10)14-8-12(3,4)13-5/h6-7,9,13H,8H2,1-5H3,(H,14,16). The van der Waals surface area contributed by atoms with Gasteiger partial charge in [-0.25, -0.2) is 0 Å². The molecule has 0 aliphatic carbocycles. The summed E-state index contributed by atoms with van der Waals surface area (Å²) < 4.78 is 0. The summed E-state index contributed by atoms with van der Waals surface area (Å²) in [6, 6.07) is 4.00. The highest BCUT2D eigenvalue weighted by molar-refractivity contribution is 5.33. The lowest BCUT2D eigenvalue weighted by atomic mass is 10.1. The molecule has 0 atom stereocenters. The van der Waals surface area contributed by atoms with Crippen LogP contribution in [0.3, 0.4) is 0 Å². The van der Waals surface area contributed by atoms with Gasteiger partial charge in [0.1, 0.15) is 5.82 Å². The van der Waals surface area contributed by atoms with Gasteiger partial charge in [-0.15, -0.1) is 5.10 Å². The van der Waals surface area contributed by atoms with Crippen molar-refractivity contribution < 1.29 is 0 Å². The smallest absolute Gasteiger partial charge is 0.148 e. The molecule has 0 aliphatic heterocycles. The third kappa shape index (κ3) is 3.77. The van der Waals surface area contributed by atoms with E-state index < -0.39 is 0 Å². The summed E-state index contributed by atoms with van der Waals surface area (Å²) in [6.45, 7) is 9.31. The van der Waals surface area contributed by atoms with Crippen LogP contribution in [0.5, 0.6) is 0 Å². The Morgan fingerprint density at radius 1 is 1.25 bits per heavy atom. The zero-order chi connectivity index (χ0) is 12.2. The average Bonchev–Trinajstić information content (AvgIpc) is 2.27. The molecule has 0 saturated carbocycles. The monoisotopic (exact) mass is 222 g/mol. The number of hydrogen-bond donors (Lipinski definition) is 2. The molecule has 4 nitrogen and oxygen atoms in total. The van der Waals surface area contributed by atoms with Crippen LogP contribution in [0.15, 0.2) is 12.1 Å². The van der Waals surface area contributed by atoms with E-state index in [2.05, 4.69) is 48.5 Å². The maximum Gasteiger partial charge on any atom is 0.148 e. The van der Waals surface area contributed by atoms with Gasteiger partial charge in [0.2, 0.25) is 0 Å². The molecular formula is C12H22N4. The minimum absolute atomic E-state index is 0.0540. The molecule has 0 amide bonds. The number of aromatic nitrogens is 2. The van der Waals surface area contributed by atoms with Gasteiger partial charge in [0.05, 0.1) is 5.69 Å². The molecule has 0 spiro atoms. The molecule has 0 aliphatic rings. The van der Waals surface area contributed by atoms with E-state index in [1.54, 1.807) is 0 Å². The molecule has 1 heterocycles. The van der Waals surface area contributed by atoms with Crippen molar-refractivity contribution in [2.24, 2.45) is 0 Å². The molecule has 2 N–H and O–H groups in total. The minimum atomic E-state index is 0.0540. The normalized spacial score (nSPS) is 11.9. The topological polar surface area (TPSA) is 49.8 Å². The van der Waals surface area contributed by atoms with Gasteiger partial charge in [0.15, 0.2) is 0 Å². The van der Waals surface area contributed by atoms with Gasteiger partial charge in [-0.05, 0) is 38.9 Å². The van der Waals surface area contributed by atoms with E-state index in [-0.39, 0.29) is 5.54 Å². The second-order valence-corrected chi connectivity index (χ2v) is 4.99. The number of hydrogen-bond acceptors (Lipinski definition) is 4. The molecule has 4 heteroatoms. The van der Waals surface area contributed by atoms with Crippen molar-refractivity contribution in [3.8, 4) is 0 Å². The molecule has 0 bridgehead atoms. The van der Waals surface area contributed by atoms with Crippen LogP contribution in [-0.4, -0.2) is 29.3 Å². The Balaban J connectivity index is 2.56. The molecule has 1 aromatic heterocycles. The van der Waals surface area contributed by atoms with Crippen molar-refractivity contribution in [1.82, 2.24) is 15.5 Å². The molecule has 0 unspecified atom stereocenters. The van der Waals surface area contributed by atoms with E-state index in [4.69, 9.17) is 0 Å². The Bertz CT molecular complexity index is 316. The highest BCUT2D eigenvalue weighted by atomic mass is 15.2. The molecule has 16 heavy (non-hydrogen) atoms. The molecule has 1 aromatic rings. The fourth-order valence-electron chi connectivity index (χ4n) is 1.14. The van der Waals surface area contributed by atoms with Crippen molar-refractivity contribution in [2.75, 3.05) is 18.9 Å². The van der Waals surface area contributed by atoms with Gasteiger partial charge in [-0.3, -0.25) is 0 Å². The van der Waals surface area contributed by atoms with Gasteiger partial charge in [-0.1, -0.05) is 13.8 Å². The number of nitrogens with one attached hydrogen (secondary N) is 2. The first-order valence-corrected chi connectivity index (χ1v) is 5.71. The van der Waals surface area contributed by atoms with Gasteiger partial charge in [-0.2, -0.15) is 5.10 Å². The highest BCUT2D eigenvalue weighted by Gasteiger charge is 2.14. The second kappa shape index (κ2) is 5.25. The van der Waals surface area contributed by atoms with E-state index in [1.807, 2.05) is 19.2 Å². The largest absolute Gasteiger partial charge is 0.367 e. The number of likely N-dealkylation sites (N-methyl/N-ethyl adjacent to an activating group) is 1. The SMILES string of the molecule is CNC(C)(C)CNc1ccc(C(C)C)nn1. The lowest BCUT2D eigenvalue weighted by Gasteiger charge is -2.24. The maximum atomic E-state index is 4.17. The van der Waals surface area contributed by atoms with Crippen molar-refractivity contribution in [3.05, 3.63) is 17.8 Å². The zero-order valence-electron chi connectivity index (χ0n) is 10.8. The highest BCUT2D eigenvalue weighted by Crippen LogP contribution is 2.12. The summed E-state index contributed by atoms with van der Waals surface area (Å²) in [6.07, 6.45) is 0. The van der Waals surface area contributed by atoms with Crippen molar-refractivity contribution in [3.63, 3.8) is 0 Å². The molecule has 0 aromatic carbocycles. The third-order valence-corrected chi connectivity index (χ3v) is 2.66. The van der Waals surface area contributed by atoms with Crippen LogP contribution < -0.4 is 10.6 Å². The lowest BCUT2D eigenvalue weighted by Crippen LogP contribution is -2.42. The summed E-state index contributed by atoms with van der Waals surface area (Å²) in [5.41, 5.74) is 1.08. The summed E-state index contributed by atoms with van der Waals surface area (Å²) in [7, 11) is 1.95. The summed E-state index contributed by atoms with van der Waals surface area (Å²) in [5, 5.41) is 14.8. The molecular weight excluding hydrogens is 200 g/mol. The van der Waals surface area contributed by atoms with Gasteiger partial charge >= 0.3 is 0 Å². The van der Waals surface area contributed by atoms with Crippen molar-refractivity contribution >= 4 is 5.82 Å². The third-order valence-electron chi connectivity index (χ3n) is 2.66. The Kier molecular flexibility index (Phi) is 4.24. The first kappa shape index (κ1) is 12.9. The average molecular weight is 222 g/mol. The molecule has 0 radical (unpaired) electrons. The Morgan fingerprint density at radius 2 is 1.94 bits per heavy atom. The van der Waals surface area contributed by atoms with E-state index in [9.17, 15) is 0 Å². The van der Waals surface area contributed by atoms with E-state index in [0.717, 1.165) is 18.1 Å². The second-order valence-electron chi connectivity index (χ2n) is 4.99. The van der Waals surface area contributed by atoms with Crippen LogP contribution in [0, 0.1) is 0 Å². The van der Waals surface area contributed by atoms with Crippen LogP contribution >= 0.6 is 0 Å². The minimum Gasteiger partial charge on any atom is -0.367 e. The predicted molar refractivity (Wildman–Crippen MR) is 67.7 cm³/mol. The Hall–Kier alpha value is -1.16. The first-order valence-electron chi connectivity index (χ1n) is 5.71. The first-order chi connectivity index (χ1) is 7.44. The zero-order valence-corrected chi connectivity index (χ0v) is 10.8. The molecule has 90 valence electrons. The maximum absolute atomic E-state index is 4.17. The van der Waals surface area contributed by atoms with Crippen LogP contribution in [0.25, 0.3) is 0 Å². The fourth-order valence-corrected chi connectivity index (χ4v) is 1.14. The quantitative estimate of drug-likeness (QED) is 0.800. The van der Waals surface area contributed by atoms with Crippen LogP contribution in [-0.2, 0) is 0 Å². The predicted octanol–water partition coefficient (Wildman–Crippen LogP) is 2.01. The number of nitrogens with zero attached hydrogens (tertiary/aromatic N) is 2. The van der Waals surface area contributed by atoms with Crippen LogP contribution in [0.2, 0.25) is 0 Å². The lowest BCUT2D eigenvalue weighted by molar-refractivity contribution is 0.447. The fraction of sp³-hybridized carbons (Fsp3) is 0.667. The number of rotatable bonds is 5. The van der Waals surface area contributed by atoms with Gasteiger partial charge < -0.3 is 10.6 Å². The van der Waals surface area contributed by atoms with Gasteiger partial charge in [0.25, 0.3) is 0 Å². The number of anilines is 1. The van der Waals surface area contributed by atoms with E-state index in [1.165, 1.54) is 0 Å². The molecule has 0 fully saturated rings. The summed E-state index contributed by atoms with van der Waals surface area (Å²) in [5.74, 6) is 1.25. The van der Waals surface area contributed by atoms with Crippen molar-refractivity contribution in [2.45, 2.75) is 39.2 Å². The van der Waals surface area contributed by atoms with Crippen LogP contribution in [0.1, 0.15) is 39.3 Å². The Morgan fingerprint density at radius 3 is 2.38 bits per heavy atom. The summed E-state index contributed by atoms with van der Waals surface area (Å²) >= 11 is 0. The molecule has 1 rings (SSSR count). The van der Waals surface area contributed by atoms with Gasteiger partial charge in [0, 0.05) is 12.1 Å². The van der Waals surface area contributed by atoms with E-state index >= 15 is 0 Å². The van der Waals surface area contributed by atoms with Crippen molar-refractivity contribution in [1.29, 1.82) is 0 Å². The van der Waals surface area contributed by atoms with E-state index in [0.29, 0.717) is 5.92 Å². The summed E-state index contributed by atoms with van der Waals surface area (Å²) in [4.78, 5) is 0.